The van der Waals surface area contributed by atoms with Crippen LogP contribution in [0.25, 0.3) is 0 Å². The largest absolute Gasteiger partial charge is 0.293 e. The van der Waals surface area contributed by atoms with Crippen LogP contribution in [-0.2, 0) is 14.6 Å². The lowest BCUT2D eigenvalue weighted by Gasteiger charge is -2.11. The molecule has 3 N–H and O–H groups in total. The molecule has 0 bridgehead atoms. The number of carbonyl (C=O) groups excluding carboxylic acids is 1. The van der Waals surface area contributed by atoms with Gasteiger partial charge in [0.15, 0.2) is 9.84 Å². The van der Waals surface area contributed by atoms with Crippen molar-refractivity contribution in [3.05, 3.63) is 28.7 Å². The highest BCUT2D eigenvalue weighted by Crippen LogP contribution is 2.19. The predicted octanol–water partition coefficient (Wildman–Crippen LogP) is 0.601. The summed E-state index contributed by atoms with van der Waals surface area (Å²) in [6.07, 6.45) is 0. The van der Waals surface area contributed by atoms with Crippen LogP contribution in [0.2, 0.25) is 0 Å². The summed E-state index contributed by atoms with van der Waals surface area (Å²) >= 11 is 3.20. The van der Waals surface area contributed by atoms with E-state index < -0.39 is 21.0 Å². The Morgan fingerprint density at radius 2 is 1.88 bits per heavy atom. The summed E-state index contributed by atoms with van der Waals surface area (Å²) in [6.45, 7) is 1.29. The topological polar surface area (TPSA) is 89.3 Å². The molecule has 1 rings (SSSR count). The summed E-state index contributed by atoms with van der Waals surface area (Å²) in [5.74, 6) is 4.17. The average Bonchev–Trinajstić information content (AvgIpc) is 2.27. The van der Waals surface area contributed by atoms with E-state index in [4.69, 9.17) is 5.84 Å². The molecule has 7 heteroatoms. The number of nitrogens with one attached hydrogen (secondary N) is 1. The molecule has 0 saturated carbocycles. The van der Waals surface area contributed by atoms with Gasteiger partial charge in [0.25, 0.3) is 5.91 Å². The fourth-order valence-electron chi connectivity index (χ4n) is 1.09. The fraction of sp³-hybridized carbons (Fsp3) is 0.222. The molecule has 1 aromatic rings. The molecular formula is C9H11BrN2O3S. The molecule has 0 heterocycles. The van der Waals surface area contributed by atoms with Crippen molar-refractivity contribution in [2.45, 2.75) is 17.1 Å². The van der Waals surface area contributed by atoms with Crippen LogP contribution < -0.4 is 11.3 Å². The lowest BCUT2D eigenvalue weighted by atomic mass is 10.4. The molecule has 0 fully saturated rings. The van der Waals surface area contributed by atoms with Gasteiger partial charge in [-0.15, -0.1) is 0 Å². The maximum Gasteiger partial charge on any atom is 0.252 e. The number of carbonyl (C=O) groups is 1. The first-order valence-electron chi connectivity index (χ1n) is 4.39. The third-order valence-corrected chi connectivity index (χ3v) is 4.72. The number of hydrogen-bond acceptors (Lipinski definition) is 4. The standard InChI is InChI=1S/C9H11BrN2O3S/c1-6(9(13)12-11)16(14,15)8-4-2-7(10)3-5-8/h2-6H,11H2,1H3,(H,12,13). The highest BCUT2D eigenvalue weighted by molar-refractivity contribution is 9.10. The van der Waals surface area contributed by atoms with Crippen molar-refractivity contribution in [2.24, 2.45) is 5.84 Å². The Kier molecular flexibility index (Phi) is 4.06. The van der Waals surface area contributed by atoms with Gasteiger partial charge >= 0.3 is 0 Å². The number of sulfone groups is 1. The number of hydrogen-bond donors (Lipinski definition) is 2. The maximum absolute atomic E-state index is 11.9. The van der Waals surface area contributed by atoms with E-state index in [1.54, 1.807) is 12.1 Å². The van der Waals surface area contributed by atoms with Crippen molar-refractivity contribution in [3.63, 3.8) is 0 Å². The number of nitrogens with two attached hydrogens (primary N) is 1. The highest BCUT2D eigenvalue weighted by atomic mass is 79.9. The number of amides is 1. The zero-order valence-electron chi connectivity index (χ0n) is 8.48. The lowest BCUT2D eigenvalue weighted by Crippen LogP contribution is -2.41. The van der Waals surface area contributed by atoms with Gasteiger partial charge in [-0.25, -0.2) is 14.3 Å². The SMILES string of the molecule is CC(C(=O)NN)S(=O)(=O)c1ccc(Br)cc1. The van der Waals surface area contributed by atoms with E-state index in [2.05, 4.69) is 15.9 Å². The lowest BCUT2D eigenvalue weighted by molar-refractivity contribution is -0.120. The second kappa shape index (κ2) is 4.94. The molecule has 0 aromatic heterocycles. The minimum atomic E-state index is -3.68. The molecule has 0 saturated heterocycles. The van der Waals surface area contributed by atoms with Crippen molar-refractivity contribution in [3.8, 4) is 0 Å². The third kappa shape index (κ3) is 2.60. The molecule has 0 radical (unpaired) electrons. The van der Waals surface area contributed by atoms with Crippen molar-refractivity contribution in [1.29, 1.82) is 0 Å². The van der Waals surface area contributed by atoms with Gasteiger partial charge in [0.05, 0.1) is 4.90 Å². The predicted molar refractivity (Wildman–Crippen MR) is 63.1 cm³/mol. The molecule has 0 spiro atoms. The van der Waals surface area contributed by atoms with Crippen molar-refractivity contribution >= 4 is 31.7 Å². The van der Waals surface area contributed by atoms with Gasteiger partial charge in [0, 0.05) is 4.47 Å². The van der Waals surface area contributed by atoms with Gasteiger partial charge in [0.2, 0.25) is 0 Å². The van der Waals surface area contributed by atoms with Crippen LogP contribution in [0.1, 0.15) is 6.92 Å². The molecule has 16 heavy (non-hydrogen) atoms. The van der Waals surface area contributed by atoms with Crippen LogP contribution in [0.3, 0.4) is 0 Å². The Bertz CT molecular complexity index is 484. The molecule has 5 nitrogen and oxygen atoms in total. The van der Waals surface area contributed by atoms with Gasteiger partial charge < -0.3 is 0 Å². The Balaban J connectivity index is 3.12. The summed E-state index contributed by atoms with van der Waals surface area (Å²) < 4.78 is 24.6. The molecule has 0 aliphatic heterocycles. The molecule has 1 aromatic carbocycles. The minimum absolute atomic E-state index is 0.0896. The Labute approximate surface area is 102 Å². The van der Waals surface area contributed by atoms with Crippen LogP contribution in [-0.4, -0.2) is 19.6 Å². The number of halogens is 1. The van der Waals surface area contributed by atoms with Gasteiger partial charge in [-0.1, -0.05) is 15.9 Å². The molecule has 0 aliphatic carbocycles. The second-order valence-corrected chi connectivity index (χ2v) is 6.33. The van der Waals surface area contributed by atoms with Crippen molar-refractivity contribution < 1.29 is 13.2 Å². The van der Waals surface area contributed by atoms with E-state index in [9.17, 15) is 13.2 Å². The Morgan fingerprint density at radius 3 is 2.31 bits per heavy atom. The molecule has 1 unspecified atom stereocenters. The smallest absolute Gasteiger partial charge is 0.252 e. The van der Waals surface area contributed by atoms with Crippen LogP contribution >= 0.6 is 15.9 Å². The highest BCUT2D eigenvalue weighted by Gasteiger charge is 2.28. The van der Waals surface area contributed by atoms with Crippen molar-refractivity contribution in [1.82, 2.24) is 5.43 Å². The Hall–Kier alpha value is -0.920. The summed E-state index contributed by atoms with van der Waals surface area (Å²) in [7, 11) is -3.68. The van der Waals surface area contributed by atoms with Gasteiger partial charge in [-0.3, -0.25) is 10.2 Å². The summed E-state index contributed by atoms with van der Waals surface area (Å²) in [5, 5.41) is -1.21. The van der Waals surface area contributed by atoms with Crippen LogP contribution in [0.5, 0.6) is 0 Å². The number of hydrazine groups is 1. The minimum Gasteiger partial charge on any atom is -0.293 e. The summed E-state index contributed by atoms with van der Waals surface area (Å²) in [5.41, 5.74) is 1.82. The van der Waals surface area contributed by atoms with E-state index >= 15 is 0 Å². The Morgan fingerprint density at radius 1 is 1.38 bits per heavy atom. The fourth-order valence-corrected chi connectivity index (χ4v) is 2.62. The molecule has 88 valence electrons. The van der Waals surface area contributed by atoms with Crippen LogP contribution in [0.4, 0.5) is 0 Å². The van der Waals surface area contributed by atoms with E-state index in [0.717, 1.165) is 4.47 Å². The number of rotatable bonds is 3. The monoisotopic (exact) mass is 306 g/mol. The zero-order valence-corrected chi connectivity index (χ0v) is 10.9. The van der Waals surface area contributed by atoms with Crippen molar-refractivity contribution in [2.75, 3.05) is 0 Å². The zero-order chi connectivity index (χ0) is 12.3. The summed E-state index contributed by atoms with van der Waals surface area (Å²) in [4.78, 5) is 11.3. The molecular weight excluding hydrogens is 296 g/mol. The first-order valence-corrected chi connectivity index (χ1v) is 6.73. The van der Waals surface area contributed by atoms with E-state index in [1.807, 2.05) is 5.43 Å². The van der Waals surface area contributed by atoms with Gasteiger partial charge in [0.1, 0.15) is 5.25 Å². The average molecular weight is 307 g/mol. The molecule has 0 aliphatic rings. The first kappa shape index (κ1) is 13.1. The second-order valence-electron chi connectivity index (χ2n) is 3.15. The summed E-state index contributed by atoms with van der Waals surface area (Å²) in [6, 6.07) is 6.05. The van der Waals surface area contributed by atoms with Gasteiger partial charge in [-0.2, -0.15) is 0 Å². The van der Waals surface area contributed by atoms with Gasteiger partial charge in [-0.05, 0) is 31.2 Å². The van der Waals surface area contributed by atoms with E-state index in [-0.39, 0.29) is 4.90 Å². The third-order valence-electron chi connectivity index (χ3n) is 2.12. The van der Waals surface area contributed by atoms with Crippen LogP contribution in [0.15, 0.2) is 33.6 Å². The van der Waals surface area contributed by atoms with Crippen LogP contribution in [0, 0.1) is 0 Å². The first-order chi connectivity index (χ1) is 7.39. The maximum atomic E-state index is 11.9. The number of benzene rings is 1. The normalized spacial score (nSPS) is 13.2. The van der Waals surface area contributed by atoms with E-state index in [0.29, 0.717) is 0 Å². The molecule has 1 amide bonds. The van der Waals surface area contributed by atoms with E-state index in [1.165, 1.54) is 19.1 Å². The molecule has 1 atom stereocenters. The quantitative estimate of drug-likeness (QED) is 0.486.